The lowest BCUT2D eigenvalue weighted by Gasteiger charge is -2.26. The molecule has 1 fully saturated rings. The van der Waals surface area contributed by atoms with Gasteiger partial charge in [-0.1, -0.05) is 18.2 Å². The van der Waals surface area contributed by atoms with Crippen molar-refractivity contribution in [1.29, 1.82) is 0 Å². The zero-order valence-corrected chi connectivity index (χ0v) is 17.9. The van der Waals surface area contributed by atoms with Crippen LogP contribution in [0, 0.1) is 0 Å². The highest BCUT2D eigenvalue weighted by Gasteiger charge is 2.17. The summed E-state index contributed by atoms with van der Waals surface area (Å²) in [5.41, 5.74) is 4.85. The van der Waals surface area contributed by atoms with Crippen molar-refractivity contribution in [2.24, 2.45) is 0 Å². The molecule has 2 aromatic heterocycles. The van der Waals surface area contributed by atoms with E-state index in [1.807, 2.05) is 30.3 Å². The van der Waals surface area contributed by atoms with Crippen molar-refractivity contribution in [3.05, 3.63) is 77.7 Å². The average Bonchev–Trinajstić information content (AvgIpc) is 3.28. The first-order chi connectivity index (χ1) is 15.7. The summed E-state index contributed by atoms with van der Waals surface area (Å²) in [6.07, 6.45) is 1.64. The minimum Gasteiger partial charge on any atom is -0.496 e. The molecule has 4 aromatic rings. The van der Waals surface area contributed by atoms with E-state index in [0.717, 1.165) is 49.4 Å². The Morgan fingerprint density at radius 1 is 1.12 bits per heavy atom. The number of ketones is 1. The number of imidazole rings is 1. The van der Waals surface area contributed by atoms with Crippen LogP contribution in [0.1, 0.15) is 21.7 Å². The number of carbonyl (C=O) groups excluding carboxylic acids is 1. The lowest BCUT2D eigenvalue weighted by atomic mass is 10.1. The van der Waals surface area contributed by atoms with Crippen molar-refractivity contribution < 1.29 is 14.3 Å². The molecule has 162 valence electrons. The summed E-state index contributed by atoms with van der Waals surface area (Å²) in [5.74, 6) is 0.858. The first kappa shape index (κ1) is 20.4. The van der Waals surface area contributed by atoms with Gasteiger partial charge in [0.15, 0.2) is 5.82 Å². The van der Waals surface area contributed by atoms with Crippen LogP contribution in [0.25, 0.3) is 22.3 Å². The number of hydrogen-bond donors (Lipinski definition) is 1. The quantitative estimate of drug-likeness (QED) is 0.472. The van der Waals surface area contributed by atoms with E-state index in [4.69, 9.17) is 9.47 Å². The Morgan fingerprint density at radius 3 is 2.81 bits per heavy atom. The summed E-state index contributed by atoms with van der Waals surface area (Å²) in [7, 11) is 1.62. The van der Waals surface area contributed by atoms with Crippen LogP contribution in [0.4, 0.5) is 0 Å². The molecule has 3 heterocycles. The number of methoxy groups -OCH3 is 1. The molecule has 0 unspecified atom stereocenters. The van der Waals surface area contributed by atoms with Crippen molar-refractivity contribution in [2.75, 3.05) is 33.4 Å². The first-order valence-electron chi connectivity index (χ1n) is 10.6. The molecule has 1 N–H and O–H groups in total. The SMILES string of the molecule is COc1ccccc1-c1cc(C(=O)c2nc3ccc(CN4CCOCC4)cc3[nH]2)ccn1. The Hall–Kier alpha value is -3.55. The highest BCUT2D eigenvalue weighted by Crippen LogP contribution is 2.28. The second-order valence-corrected chi connectivity index (χ2v) is 7.78. The number of carbonyl (C=O) groups is 1. The highest BCUT2D eigenvalue weighted by molar-refractivity contribution is 6.08. The minimum atomic E-state index is -0.172. The van der Waals surface area contributed by atoms with Crippen molar-refractivity contribution in [2.45, 2.75) is 6.54 Å². The Balaban J connectivity index is 1.41. The molecule has 0 saturated carbocycles. The molecular formula is C25H24N4O3. The van der Waals surface area contributed by atoms with Crippen molar-refractivity contribution in [1.82, 2.24) is 19.9 Å². The number of rotatable bonds is 6. The van der Waals surface area contributed by atoms with Gasteiger partial charge in [0.2, 0.25) is 5.78 Å². The molecule has 7 nitrogen and oxygen atoms in total. The Morgan fingerprint density at radius 2 is 1.97 bits per heavy atom. The standard InChI is InChI=1S/C25H24N4O3/c1-31-23-5-3-2-4-19(23)21-15-18(8-9-26-21)24(30)25-27-20-7-6-17(14-22(20)28-25)16-29-10-12-32-13-11-29/h2-9,14-15H,10-13,16H2,1H3,(H,27,28). The number of fused-ring (bicyclic) bond motifs is 1. The van der Waals surface area contributed by atoms with Crippen LogP contribution in [0.15, 0.2) is 60.8 Å². The Bertz CT molecular complexity index is 1260. The molecule has 0 amide bonds. The summed E-state index contributed by atoms with van der Waals surface area (Å²) in [5, 5.41) is 0. The van der Waals surface area contributed by atoms with Gasteiger partial charge in [0.1, 0.15) is 5.75 Å². The molecule has 7 heteroatoms. The van der Waals surface area contributed by atoms with Crippen molar-refractivity contribution >= 4 is 16.8 Å². The second-order valence-electron chi connectivity index (χ2n) is 7.78. The van der Waals surface area contributed by atoms with E-state index < -0.39 is 0 Å². The van der Waals surface area contributed by atoms with E-state index in [9.17, 15) is 4.79 Å². The van der Waals surface area contributed by atoms with Crippen LogP contribution in [0.5, 0.6) is 5.75 Å². The number of aromatic amines is 1. The Labute approximate surface area is 186 Å². The maximum Gasteiger partial charge on any atom is 0.228 e. The fourth-order valence-electron chi connectivity index (χ4n) is 3.99. The van der Waals surface area contributed by atoms with Gasteiger partial charge >= 0.3 is 0 Å². The number of aromatic nitrogens is 3. The number of morpholine rings is 1. The fraction of sp³-hybridized carbons (Fsp3) is 0.240. The van der Waals surface area contributed by atoms with E-state index in [2.05, 4.69) is 32.0 Å². The van der Waals surface area contributed by atoms with E-state index in [0.29, 0.717) is 22.8 Å². The molecule has 0 aliphatic carbocycles. The molecule has 0 radical (unpaired) electrons. The summed E-state index contributed by atoms with van der Waals surface area (Å²) in [6.45, 7) is 4.26. The summed E-state index contributed by atoms with van der Waals surface area (Å²) < 4.78 is 10.9. The monoisotopic (exact) mass is 428 g/mol. The second kappa shape index (κ2) is 8.90. The summed E-state index contributed by atoms with van der Waals surface area (Å²) in [6, 6.07) is 17.2. The summed E-state index contributed by atoms with van der Waals surface area (Å²) >= 11 is 0. The molecule has 1 saturated heterocycles. The van der Waals surface area contributed by atoms with Gasteiger partial charge in [-0.15, -0.1) is 0 Å². The maximum absolute atomic E-state index is 13.2. The largest absolute Gasteiger partial charge is 0.496 e. The predicted molar refractivity (Wildman–Crippen MR) is 122 cm³/mol. The number of nitrogens with one attached hydrogen (secondary N) is 1. The van der Waals surface area contributed by atoms with Crippen LogP contribution in [0.2, 0.25) is 0 Å². The fourth-order valence-corrected chi connectivity index (χ4v) is 3.99. The molecule has 1 aliphatic heterocycles. The third kappa shape index (κ3) is 4.12. The van der Waals surface area contributed by atoms with Crippen LogP contribution >= 0.6 is 0 Å². The lowest BCUT2D eigenvalue weighted by molar-refractivity contribution is 0.0342. The lowest BCUT2D eigenvalue weighted by Crippen LogP contribution is -2.35. The molecule has 0 spiro atoms. The number of pyridine rings is 1. The number of benzene rings is 2. The zero-order chi connectivity index (χ0) is 21.9. The zero-order valence-electron chi connectivity index (χ0n) is 17.9. The van der Waals surface area contributed by atoms with E-state index >= 15 is 0 Å². The molecule has 0 atom stereocenters. The van der Waals surface area contributed by atoms with Gasteiger partial charge in [0.25, 0.3) is 0 Å². The van der Waals surface area contributed by atoms with Gasteiger partial charge in [0.05, 0.1) is 37.1 Å². The van der Waals surface area contributed by atoms with E-state index in [1.54, 1.807) is 25.4 Å². The third-order valence-corrected chi connectivity index (χ3v) is 5.68. The number of nitrogens with zero attached hydrogens (tertiary/aromatic N) is 3. The van der Waals surface area contributed by atoms with E-state index in [1.165, 1.54) is 5.56 Å². The molecule has 2 aromatic carbocycles. The topological polar surface area (TPSA) is 80.3 Å². The van der Waals surface area contributed by atoms with Gasteiger partial charge in [-0.25, -0.2) is 4.98 Å². The predicted octanol–water partition coefficient (Wildman–Crippen LogP) is 3.70. The smallest absolute Gasteiger partial charge is 0.228 e. The van der Waals surface area contributed by atoms with E-state index in [-0.39, 0.29) is 5.78 Å². The van der Waals surface area contributed by atoms with Gasteiger partial charge in [0, 0.05) is 37.0 Å². The first-order valence-corrected chi connectivity index (χ1v) is 10.6. The molecule has 1 aliphatic rings. The highest BCUT2D eigenvalue weighted by atomic mass is 16.5. The van der Waals surface area contributed by atoms with Crippen LogP contribution < -0.4 is 4.74 Å². The number of hydrogen-bond acceptors (Lipinski definition) is 6. The van der Waals surface area contributed by atoms with Crippen molar-refractivity contribution in [3.8, 4) is 17.0 Å². The van der Waals surface area contributed by atoms with Gasteiger partial charge < -0.3 is 14.5 Å². The van der Waals surface area contributed by atoms with Crippen LogP contribution in [-0.2, 0) is 11.3 Å². The van der Waals surface area contributed by atoms with Crippen LogP contribution in [-0.4, -0.2) is 59.0 Å². The number of para-hydroxylation sites is 1. The normalized spacial score (nSPS) is 14.5. The number of H-pyrrole nitrogens is 1. The van der Waals surface area contributed by atoms with Gasteiger partial charge in [-0.05, 0) is 42.0 Å². The molecule has 0 bridgehead atoms. The van der Waals surface area contributed by atoms with Crippen molar-refractivity contribution in [3.63, 3.8) is 0 Å². The van der Waals surface area contributed by atoms with Gasteiger partial charge in [-0.3, -0.25) is 14.7 Å². The summed E-state index contributed by atoms with van der Waals surface area (Å²) in [4.78, 5) is 27.7. The third-order valence-electron chi connectivity index (χ3n) is 5.68. The Kier molecular flexibility index (Phi) is 5.66. The molecule has 32 heavy (non-hydrogen) atoms. The minimum absolute atomic E-state index is 0.172. The van der Waals surface area contributed by atoms with Gasteiger partial charge in [-0.2, -0.15) is 0 Å². The van der Waals surface area contributed by atoms with Crippen LogP contribution in [0.3, 0.4) is 0 Å². The average molecular weight is 428 g/mol. The number of ether oxygens (including phenoxy) is 2. The molecule has 5 rings (SSSR count). The molecular weight excluding hydrogens is 404 g/mol. The maximum atomic E-state index is 13.2.